The number of hydrogen-bond donors (Lipinski definition) is 3. The van der Waals surface area contributed by atoms with E-state index in [1.54, 1.807) is 12.1 Å². The molecule has 2 heterocycles. The Balaban J connectivity index is 1.43. The van der Waals surface area contributed by atoms with Gasteiger partial charge in [-0.1, -0.05) is 43.6 Å². The Morgan fingerprint density at radius 2 is 1.87 bits per heavy atom. The van der Waals surface area contributed by atoms with Crippen LogP contribution in [-0.2, 0) is 14.8 Å². The van der Waals surface area contributed by atoms with Crippen molar-refractivity contribution in [2.45, 2.75) is 56.2 Å². The summed E-state index contributed by atoms with van der Waals surface area (Å²) < 4.78 is 33.1. The van der Waals surface area contributed by atoms with Crippen LogP contribution in [0.4, 0.5) is 0 Å². The van der Waals surface area contributed by atoms with E-state index in [0.717, 1.165) is 5.39 Å². The molecule has 1 aliphatic rings. The number of benzene rings is 2. The molecule has 1 aromatic heterocycles. The molecule has 1 aliphatic heterocycles. The zero-order valence-electron chi connectivity index (χ0n) is 21.3. The predicted octanol–water partition coefficient (Wildman–Crippen LogP) is 3.56. The molecule has 3 N–H and O–H groups in total. The van der Waals surface area contributed by atoms with E-state index in [1.165, 1.54) is 28.6 Å². The average molecular weight is 562 g/mol. The van der Waals surface area contributed by atoms with Gasteiger partial charge in [0.15, 0.2) is 5.76 Å². The molecule has 3 atom stereocenters. The molecule has 0 radical (unpaired) electrons. The molecule has 0 bridgehead atoms. The van der Waals surface area contributed by atoms with Gasteiger partial charge in [0.05, 0.1) is 17.0 Å². The van der Waals surface area contributed by atoms with Gasteiger partial charge in [-0.05, 0) is 61.6 Å². The highest BCUT2D eigenvalue weighted by atomic mass is 35.5. The van der Waals surface area contributed by atoms with E-state index in [4.69, 9.17) is 16.0 Å². The van der Waals surface area contributed by atoms with Gasteiger partial charge in [0.25, 0.3) is 5.91 Å². The molecule has 0 saturated carbocycles. The molecule has 2 aromatic carbocycles. The van der Waals surface area contributed by atoms with Crippen LogP contribution in [-0.4, -0.2) is 60.9 Å². The number of furan rings is 1. The third kappa shape index (κ3) is 6.55. The molecular formula is C27H32ClN3O6S. The molecule has 38 heavy (non-hydrogen) atoms. The second-order valence-corrected chi connectivity index (χ2v) is 12.3. The van der Waals surface area contributed by atoms with E-state index in [9.17, 15) is 23.1 Å². The number of carbonyl (C=O) groups is 2. The summed E-state index contributed by atoms with van der Waals surface area (Å²) in [6.45, 7) is 3.91. The van der Waals surface area contributed by atoms with E-state index in [2.05, 4.69) is 10.6 Å². The maximum Gasteiger partial charge on any atom is 0.287 e. The summed E-state index contributed by atoms with van der Waals surface area (Å²) in [4.78, 5) is 26.3. The highest BCUT2D eigenvalue weighted by molar-refractivity contribution is 7.89. The van der Waals surface area contributed by atoms with Crippen molar-refractivity contribution in [1.29, 1.82) is 0 Å². The van der Waals surface area contributed by atoms with E-state index in [0.29, 0.717) is 29.9 Å². The summed E-state index contributed by atoms with van der Waals surface area (Å²) in [6.07, 6.45) is 0.0623. The number of carbonyl (C=O) groups excluding carboxylic acids is 2. The zero-order chi connectivity index (χ0) is 27.4. The van der Waals surface area contributed by atoms with Crippen LogP contribution in [0.2, 0.25) is 5.02 Å². The van der Waals surface area contributed by atoms with Crippen molar-refractivity contribution in [2.75, 3.05) is 13.1 Å². The van der Waals surface area contributed by atoms with Gasteiger partial charge in [-0.3, -0.25) is 9.59 Å². The van der Waals surface area contributed by atoms with Gasteiger partial charge in [-0.2, -0.15) is 4.31 Å². The van der Waals surface area contributed by atoms with Crippen LogP contribution in [0, 0.1) is 5.92 Å². The Labute approximate surface area is 227 Å². The lowest BCUT2D eigenvalue weighted by molar-refractivity contribution is -0.125. The SMILES string of the molecule is CC(C)C[C@H](NC(=O)c1cc2ccccc2o1)C(=O)NC1CCCN(S(=O)(=O)c2ccc(Cl)cc2)CC1O. The fourth-order valence-corrected chi connectivity index (χ4v) is 6.18. The lowest BCUT2D eigenvalue weighted by Gasteiger charge is -2.27. The van der Waals surface area contributed by atoms with Crippen molar-refractivity contribution in [1.82, 2.24) is 14.9 Å². The minimum absolute atomic E-state index is 0.0851. The maximum atomic E-state index is 13.3. The molecule has 0 aliphatic carbocycles. The number of rotatable bonds is 8. The third-order valence-electron chi connectivity index (χ3n) is 6.54. The number of nitrogens with zero attached hydrogens (tertiary/aromatic N) is 1. The first-order valence-corrected chi connectivity index (χ1v) is 14.4. The predicted molar refractivity (Wildman–Crippen MR) is 144 cm³/mol. The third-order valence-corrected chi connectivity index (χ3v) is 8.67. The summed E-state index contributed by atoms with van der Waals surface area (Å²) in [5.41, 5.74) is 0.571. The van der Waals surface area contributed by atoms with E-state index in [1.807, 2.05) is 32.0 Å². The molecule has 1 fully saturated rings. The second-order valence-electron chi connectivity index (χ2n) is 9.95. The number of hydrogen-bond acceptors (Lipinski definition) is 6. The van der Waals surface area contributed by atoms with Gasteiger partial charge in [-0.25, -0.2) is 8.42 Å². The molecular weight excluding hydrogens is 530 g/mol. The van der Waals surface area contributed by atoms with Gasteiger partial charge in [-0.15, -0.1) is 0 Å². The fraction of sp³-hybridized carbons (Fsp3) is 0.407. The van der Waals surface area contributed by atoms with Crippen LogP contribution in [0.5, 0.6) is 0 Å². The summed E-state index contributed by atoms with van der Waals surface area (Å²) in [7, 11) is -3.84. The van der Waals surface area contributed by atoms with Crippen molar-refractivity contribution in [3.05, 3.63) is 65.4 Å². The average Bonchev–Trinajstić information content (AvgIpc) is 3.22. The van der Waals surface area contributed by atoms with Crippen molar-refractivity contribution >= 4 is 44.4 Å². The summed E-state index contributed by atoms with van der Waals surface area (Å²) >= 11 is 5.89. The van der Waals surface area contributed by atoms with Crippen LogP contribution < -0.4 is 10.6 Å². The lowest BCUT2D eigenvalue weighted by atomic mass is 10.0. The first-order valence-electron chi connectivity index (χ1n) is 12.6. The molecule has 11 heteroatoms. The zero-order valence-corrected chi connectivity index (χ0v) is 22.8. The number of amides is 2. The Morgan fingerprint density at radius 3 is 2.55 bits per heavy atom. The van der Waals surface area contributed by atoms with Crippen LogP contribution in [0.15, 0.2) is 63.9 Å². The Bertz CT molecular complexity index is 1360. The number of fused-ring (bicyclic) bond motifs is 1. The summed E-state index contributed by atoms with van der Waals surface area (Å²) in [5.74, 6) is -0.754. The Hall–Kier alpha value is -2.92. The number of nitrogens with one attached hydrogen (secondary N) is 2. The molecule has 204 valence electrons. The van der Waals surface area contributed by atoms with E-state index >= 15 is 0 Å². The smallest absolute Gasteiger partial charge is 0.287 e. The fourth-order valence-electron chi connectivity index (χ4n) is 4.56. The van der Waals surface area contributed by atoms with Crippen LogP contribution in [0.25, 0.3) is 11.0 Å². The second kappa shape index (κ2) is 11.9. The highest BCUT2D eigenvalue weighted by Crippen LogP contribution is 2.23. The highest BCUT2D eigenvalue weighted by Gasteiger charge is 2.34. The number of aliphatic hydroxyl groups is 1. The molecule has 0 spiro atoms. The largest absolute Gasteiger partial charge is 0.451 e. The first kappa shape index (κ1) is 28.1. The van der Waals surface area contributed by atoms with Gasteiger partial charge in [0, 0.05) is 23.5 Å². The van der Waals surface area contributed by atoms with Gasteiger partial charge < -0.3 is 20.2 Å². The molecule has 9 nitrogen and oxygen atoms in total. The molecule has 2 amide bonds. The lowest BCUT2D eigenvalue weighted by Crippen LogP contribution is -2.54. The number of β-amino-alcohol motifs (C(OH)–C–C–N with tert-alkyl or cyclic N) is 1. The Kier molecular flexibility index (Phi) is 8.77. The van der Waals surface area contributed by atoms with Gasteiger partial charge in [0.2, 0.25) is 15.9 Å². The summed E-state index contributed by atoms with van der Waals surface area (Å²) in [6, 6.07) is 13.2. The van der Waals surface area contributed by atoms with Gasteiger partial charge in [0.1, 0.15) is 11.6 Å². The number of para-hydroxylation sites is 1. The van der Waals surface area contributed by atoms with E-state index in [-0.39, 0.29) is 29.7 Å². The molecule has 3 aromatic rings. The summed E-state index contributed by atoms with van der Waals surface area (Å²) in [5, 5.41) is 17.7. The van der Waals surface area contributed by atoms with Crippen LogP contribution in [0.3, 0.4) is 0 Å². The van der Waals surface area contributed by atoms with E-state index < -0.39 is 40.0 Å². The monoisotopic (exact) mass is 561 g/mol. The molecule has 1 saturated heterocycles. The van der Waals surface area contributed by atoms with Crippen molar-refractivity contribution in [3.63, 3.8) is 0 Å². The van der Waals surface area contributed by atoms with Gasteiger partial charge >= 0.3 is 0 Å². The topological polar surface area (TPSA) is 129 Å². The standard InChI is InChI=1S/C27H32ClN3O6S/c1-17(2)14-22(30-27(34)25-15-18-6-3-4-8-24(18)37-25)26(33)29-21-7-5-13-31(16-23(21)32)38(35,36)20-11-9-19(28)10-12-20/h3-4,6,8-12,15,17,21-23,32H,5,7,13-14,16H2,1-2H3,(H,29,33)(H,30,34)/t21?,22-,23?/m0/s1. The quantitative estimate of drug-likeness (QED) is 0.386. The van der Waals surface area contributed by atoms with Crippen molar-refractivity contribution in [2.24, 2.45) is 5.92 Å². The molecule has 4 rings (SSSR count). The minimum atomic E-state index is -3.84. The molecule has 2 unspecified atom stereocenters. The minimum Gasteiger partial charge on any atom is -0.451 e. The number of halogens is 1. The maximum absolute atomic E-state index is 13.3. The number of aliphatic hydroxyl groups excluding tert-OH is 1. The van der Waals surface area contributed by atoms with Crippen LogP contribution in [0.1, 0.15) is 43.7 Å². The van der Waals surface area contributed by atoms with Crippen LogP contribution >= 0.6 is 11.6 Å². The first-order chi connectivity index (χ1) is 18.0. The normalized spacial score (nSPS) is 19.7. The Morgan fingerprint density at radius 1 is 1.16 bits per heavy atom. The van der Waals surface area contributed by atoms with Crippen molar-refractivity contribution in [3.8, 4) is 0 Å². The number of sulfonamides is 1. The van der Waals surface area contributed by atoms with Crippen molar-refractivity contribution < 1.29 is 27.5 Å².